The van der Waals surface area contributed by atoms with Gasteiger partial charge in [0.2, 0.25) is 0 Å². The van der Waals surface area contributed by atoms with Crippen LogP contribution in [-0.4, -0.2) is 6.85 Å². The Bertz CT molecular complexity index is 3610. The molecule has 2 aromatic heterocycles. The molecule has 4 aliphatic rings. The third-order valence-corrected chi connectivity index (χ3v) is 15.9. The minimum absolute atomic E-state index is 0.00851. The molecule has 0 radical (unpaired) electrons. The summed E-state index contributed by atoms with van der Waals surface area (Å²) in [5, 5.41) is 3.32. The summed E-state index contributed by atoms with van der Waals surface area (Å²) in [6.07, 6.45) is 2.29. The zero-order valence-corrected chi connectivity index (χ0v) is 37.4. The highest BCUT2D eigenvalue weighted by atomic mass is 16.3. The maximum Gasteiger partial charge on any atom is 0.376 e. The van der Waals surface area contributed by atoms with Crippen molar-refractivity contribution in [2.24, 2.45) is 0 Å². The van der Waals surface area contributed by atoms with Gasteiger partial charge >= 0.3 is 6.85 Å². The maximum atomic E-state index is 7.42. The van der Waals surface area contributed by atoms with E-state index in [1.165, 1.54) is 72.6 Å². The first-order valence-corrected chi connectivity index (χ1v) is 23.3. The van der Waals surface area contributed by atoms with Crippen LogP contribution in [-0.2, 0) is 16.2 Å². The molecule has 65 heavy (non-hydrogen) atoms. The molecular weight excluding hydrogens is 791 g/mol. The van der Waals surface area contributed by atoms with Gasteiger partial charge in [-0.15, -0.1) is 0 Å². The molecule has 4 nitrogen and oxygen atoms in total. The molecule has 1 aliphatic carbocycles. The van der Waals surface area contributed by atoms with Gasteiger partial charge in [-0.05, 0) is 117 Å². The molecule has 14 rings (SSSR count). The van der Waals surface area contributed by atoms with Crippen LogP contribution in [0.25, 0.3) is 44.0 Å². The summed E-state index contributed by atoms with van der Waals surface area (Å²) >= 11 is 0. The molecule has 3 aliphatic heterocycles. The lowest BCUT2D eigenvalue weighted by atomic mass is 9.44. The molecular formula is C60H47BN2O2. The summed E-state index contributed by atoms with van der Waals surface area (Å²) in [6, 6.07) is 63.1. The van der Waals surface area contributed by atoms with E-state index in [0.29, 0.717) is 0 Å². The van der Waals surface area contributed by atoms with Crippen LogP contribution in [0.3, 0.4) is 0 Å². The number of para-hydroxylation sites is 4. The highest BCUT2D eigenvalue weighted by Gasteiger charge is 2.56. The average Bonchev–Trinajstić information content (AvgIpc) is 3.91. The van der Waals surface area contributed by atoms with Crippen molar-refractivity contribution in [1.29, 1.82) is 0 Å². The summed E-state index contributed by atoms with van der Waals surface area (Å²) in [4.78, 5) is 5.19. The Morgan fingerprint density at radius 2 is 1.08 bits per heavy atom. The number of furan rings is 2. The summed E-state index contributed by atoms with van der Waals surface area (Å²) in [7, 11) is 0. The van der Waals surface area contributed by atoms with E-state index in [2.05, 4.69) is 214 Å². The van der Waals surface area contributed by atoms with E-state index in [1.807, 2.05) is 0 Å². The smallest absolute Gasteiger partial charge is 0.376 e. The molecule has 0 unspecified atom stereocenters. The molecule has 8 aromatic carbocycles. The summed E-state index contributed by atoms with van der Waals surface area (Å²) in [6.45, 7) is 11.7. The fraction of sp³-hybridized carbons (Fsp3) is 0.167. The maximum absolute atomic E-state index is 7.42. The van der Waals surface area contributed by atoms with Crippen molar-refractivity contribution in [2.75, 3.05) is 9.71 Å². The van der Waals surface area contributed by atoms with Crippen LogP contribution in [0.5, 0.6) is 0 Å². The minimum Gasteiger partial charge on any atom is -0.466 e. The Labute approximate surface area is 379 Å². The molecule has 5 heterocycles. The minimum atomic E-state index is -0.605. The molecule has 5 heteroatoms. The predicted molar refractivity (Wildman–Crippen MR) is 269 cm³/mol. The number of aryl methyl sites for hydroxylation is 1. The fourth-order valence-electron chi connectivity index (χ4n) is 12.7. The van der Waals surface area contributed by atoms with Gasteiger partial charge < -0.3 is 18.5 Å². The first-order valence-electron chi connectivity index (χ1n) is 23.3. The van der Waals surface area contributed by atoms with Crippen molar-refractivity contribution in [3.05, 3.63) is 209 Å². The molecule has 10 aromatic rings. The van der Waals surface area contributed by atoms with Crippen LogP contribution in [0.2, 0.25) is 0 Å². The normalized spacial score (nSPS) is 16.8. The van der Waals surface area contributed by atoms with Crippen molar-refractivity contribution < 1.29 is 8.83 Å². The second kappa shape index (κ2) is 12.7. The van der Waals surface area contributed by atoms with Crippen molar-refractivity contribution in [2.45, 2.75) is 63.7 Å². The Morgan fingerprint density at radius 3 is 1.80 bits per heavy atom. The Kier molecular flexibility index (Phi) is 7.28. The van der Waals surface area contributed by atoms with Gasteiger partial charge in [-0.2, -0.15) is 0 Å². The van der Waals surface area contributed by atoms with E-state index in [0.717, 1.165) is 62.8 Å². The second-order valence-corrected chi connectivity index (χ2v) is 20.2. The highest BCUT2D eigenvalue weighted by molar-refractivity contribution is 6.93. The van der Waals surface area contributed by atoms with E-state index in [9.17, 15) is 0 Å². The summed E-state index contributed by atoms with van der Waals surface area (Å²) in [5.74, 6) is 0. The Hall–Kier alpha value is -7.24. The van der Waals surface area contributed by atoms with E-state index >= 15 is 0 Å². The number of rotatable bonds is 3. The van der Waals surface area contributed by atoms with Crippen molar-refractivity contribution in [3.8, 4) is 11.1 Å². The molecule has 0 amide bonds. The van der Waals surface area contributed by atoms with Crippen LogP contribution >= 0.6 is 0 Å². The van der Waals surface area contributed by atoms with Gasteiger partial charge in [-0.25, -0.2) is 0 Å². The van der Waals surface area contributed by atoms with Crippen LogP contribution in [0.4, 0.5) is 28.4 Å². The van der Waals surface area contributed by atoms with Gasteiger partial charge in [-0.3, -0.25) is 0 Å². The number of benzene rings is 8. The van der Waals surface area contributed by atoms with Gasteiger partial charge in [0, 0.05) is 38.8 Å². The summed E-state index contributed by atoms with van der Waals surface area (Å²) in [5.41, 5.74) is 21.5. The molecule has 0 fully saturated rings. The Morgan fingerprint density at radius 1 is 0.477 bits per heavy atom. The zero-order valence-electron chi connectivity index (χ0n) is 37.4. The first-order chi connectivity index (χ1) is 31.7. The molecule has 0 atom stereocenters. The lowest BCUT2D eigenvalue weighted by Crippen LogP contribution is -2.63. The Balaban J connectivity index is 1.18. The first kappa shape index (κ1) is 37.2. The number of fused-ring (bicyclic) bond motifs is 13. The topological polar surface area (TPSA) is 32.8 Å². The van der Waals surface area contributed by atoms with Crippen LogP contribution in [0, 0.1) is 6.92 Å². The largest absolute Gasteiger partial charge is 0.466 e. The molecule has 0 saturated heterocycles. The lowest BCUT2D eigenvalue weighted by molar-refractivity contribution is 0.332. The van der Waals surface area contributed by atoms with Crippen LogP contribution in [0.1, 0.15) is 79.5 Å². The standard InChI is InChI=1S/C60H47BN2O2/c1-36-33-46-47(59(4,5)32-31-58(46,2)3)35-49(36)62-54-41-24-13-17-30-51(41)65-57(54)61-52-42(34-43-39-23-12-16-29-50(39)64-56(43)55(52)62)40-25-18-27-45-53(40)63(61)48-28-15-14-26-44(48)60(45,37-19-8-6-9-20-37)38-21-10-7-11-22-38/h6-30,33-35H,31-32H2,1-5H3. The summed E-state index contributed by atoms with van der Waals surface area (Å²) < 4.78 is 14.6. The van der Waals surface area contributed by atoms with Crippen LogP contribution < -0.4 is 20.8 Å². The van der Waals surface area contributed by atoms with Gasteiger partial charge in [0.05, 0.1) is 16.8 Å². The van der Waals surface area contributed by atoms with Gasteiger partial charge in [0.15, 0.2) is 5.58 Å². The lowest BCUT2D eigenvalue weighted by Gasteiger charge is -2.52. The molecule has 0 bridgehead atoms. The van der Waals surface area contributed by atoms with Crippen molar-refractivity contribution in [3.63, 3.8) is 0 Å². The number of hydrogen-bond donors (Lipinski definition) is 0. The SMILES string of the molecule is Cc1cc2c(cc1N1c3c(oc4ccccc34)B3c4c(cc5c(oc6ccccc65)c41)-c1cccc4c1N3c1ccccc1C4(c1ccccc1)c1ccccc1)C(C)(C)CCC2(C)C. The second-order valence-electron chi connectivity index (χ2n) is 20.2. The number of hydrogen-bond acceptors (Lipinski definition) is 4. The monoisotopic (exact) mass is 838 g/mol. The van der Waals surface area contributed by atoms with E-state index in [4.69, 9.17) is 8.83 Å². The third kappa shape index (κ3) is 4.68. The van der Waals surface area contributed by atoms with E-state index in [-0.39, 0.29) is 17.7 Å². The quantitative estimate of drug-likeness (QED) is 0.166. The van der Waals surface area contributed by atoms with Gasteiger partial charge in [-0.1, -0.05) is 161 Å². The fourth-order valence-corrected chi connectivity index (χ4v) is 12.7. The molecule has 0 spiro atoms. The third-order valence-electron chi connectivity index (χ3n) is 15.9. The average molecular weight is 839 g/mol. The van der Waals surface area contributed by atoms with Crippen molar-refractivity contribution in [1.82, 2.24) is 0 Å². The zero-order chi connectivity index (χ0) is 43.6. The molecule has 0 saturated carbocycles. The van der Waals surface area contributed by atoms with Gasteiger partial charge in [0.1, 0.15) is 16.8 Å². The number of anilines is 5. The molecule has 0 N–H and O–H groups in total. The van der Waals surface area contributed by atoms with Crippen molar-refractivity contribution >= 4 is 79.3 Å². The highest BCUT2D eigenvalue weighted by Crippen LogP contribution is 2.61. The van der Waals surface area contributed by atoms with Gasteiger partial charge in [0.25, 0.3) is 0 Å². The van der Waals surface area contributed by atoms with E-state index < -0.39 is 5.41 Å². The molecule has 312 valence electrons. The van der Waals surface area contributed by atoms with Crippen LogP contribution in [0.15, 0.2) is 179 Å². The predicted octanol–water partition coefficient (Wildman–Crippen LogP) is 14.4. The van der Waals surface area contributed by atoms with E-state index in [1.54, 1.807) is 0 Å². The number of nitrogens with zero attached hydrogens (tertiary/aromatic N) is 2.